The Bertz CT molecular complexity index is 650. The lowest BCUT2D eigenvalue weighted by Crippen LogP contribution is -2.21. The first-order chi connectivity index (χ1) is 10.7. The summed E-state index contributed by atoms with van der Waals surface area (Å²) in [7, 11) is 0. The molecule has 118 valence electrons. The predicted molar refractivity (Wildman–Crippen MR) is 90.3 cm³/mol. The standard InChI is InChI=1S/C18H24N2O2/c1-3-5-11-19-13-15-9-10-17(20-18(15)21)14-7-6-8-16(12-14)22-4-2/h6-10,12,19H,3-5,11,13H2,1-2H3,(H,20,21). The fraction of sp³-hybridized carbons (Fsp3) is 0.389. The van der Waals surface area contributed by atoms with E-state index in [1.807, 2.05) is 43.3 Å². The van der Waals surface area contributed by atoms with Crippen molar-refractivity contribution in [2.24, 2.45) is 0 Å². The van der Waals surface area contributed by atoms with Crippen LogP contribution in [0.3, 0.4) is 0 Å². The van der Waals surface area contributed by atoms with Gasteiger partial charge in [-0.05, 0) is 38.1 Å². The maximum absolute atomic E-state index is 12.2. The molecule has 2 aromatic rings. The fourth-order valence-electron chi connectivity index (χ4n) is 2.26. The number of pyridine rings is 1. The van der Waals surface area contributed by atoms with Gasteiger partial charge in [-0.1, -0.05) is 31.5 Å². The number of aromatic nitrogens is 1. The summed E-state index contributed by atoms with van der Waals surface area (Å²) in [6, 6.07) is 11.6. The van der Waals surface area contributed by atoms with E-state index >= 15 is 0 Å². The molecule has 1 aromatic carbocycles. The lowest BCUT2D eigenvalue weighted by Gasteiger charge is -2.08. The molecule has 0 amide bonds. The van der Waals surface area contributed by atoms with Gasteiger partial charge in [-0.3, -0.25) is 4.79 Å². The third-order valence-corrected chi connectivity index (χ3v) is 3.47. The molecule has 0 aliphatic heterocycles. The van der Waals surface area contributed by atoms with Gasteiger partial charge in [0.15, 0.2) is 0 Å². The molecule has 0 fully saturated rings. The Morgan fingerprint density at radius 2 is 2.05 bits per heavy atom. The predicted octanol–water partition coefficient (Wildman–Crippen LogP) is 3.33. The summed E-state index contributed by atoms with van der Waals surface area (Å²) in [4.78, 5) is 15.1. The minimum atomic E-state index is -0.0386. The largest absolute Gasteiger partial charge is 0.494 e. The van der Waals surface area contributed by atoms with Crippen LogP contribution < -0.4 is 15.6 Å². The van der Waals surface area contributed by atoms with Crippen LogP contribution in [0.15, 0.2) is 41.2 Å². The molecule has 2 N–H and O–H groups in total. The monoisotopic (exact) mass is 300 g/mol. The van der Waals surface area contributed by atoms with Gasteiger partial charge in [0, 0.05) is 23.4 Å². The van der Waals surface area contributed by atoms with Crippen molar-refractivity contribution in [2.45, 2.75) is 33.2 Å². The molecular formula is C18H24N2O2. The van der Waals surface area contributed by atoms with Gasteiger partial charge in [0.2, 0.25) is 0 Å². The van der Waals surface area contributed by atoms with E-state index in [4.69, 9.17) is 4.74 Å². The molecule has 0 bridgehead atoms. The van der Waals surface area contributed by atoms with Crippen LogP contribution in [0.4, 0.5) is 0 Å². The number of benzene rings is 1. The molecule has 22 heavy (non-hydrogen) atoms. The van der Waals surface area contributed by atoms with Crippen molar-refractivity contribution in [1.29, 1.82) is 0 Å². The van der Waals surface area contributed by atoms with Crippen LogP contribution in [0.25, 0.3) is 11.3 Å². The van der Waals surface area contributed by atoms with Crippen molar-refractivity contribution in [1.82, 2.24) is 10.3 Å². The summed E-state index contributed by atoms with van der Waals surface area (Å²) in [6.07, 6.45) is 2.28. The van der Waals surface area contributed by atoms with Crippen LogP contribution in [0.1, 0.15) is 32.3 Å². The average molecular weight is 300 g/mol. The highest BCUT2D eigenvalue weighted by molar-refractivity contribution is 5.61. The van der Waals surface area contributed by atoms with Crippen molar-refractivity contribution in [3.8, 4) is 17.0 Å². The molecule has 0 atom stereocenters. The molecule has 0 radical (unpaired) electrons. The highest BCUT2D eigenvalue weighted by Gasteiger charge is 2.04. The van der Waals surface area contributed by atoms with E-state index in [9.17, 15) is 4.79 Å². The lowest BCUT2D eigenvalue weighted by molar-refractivity contribution is 0.340. The van der Waals surface area contributed by atoms with Gasteiger partial charge in [0.1, 0.15) is 5.75 Å². The molecule has 4 heteroatoms. The van der Waals surface area contributed by atoms with Crippen LogP contribution in [0, 0.1) is 0 Å². The molecule has 0 saturated heterocycles. The molecule has 2 rings (SSSR count). The topological polar surface area (TPSA) is 54.1 Å². The van der Waals surface area contributed by atoms with Crippen LogP contribution in [-0.2, 0) is 6.54 Å². The Hall–Kier alpha value is -2.07. The molecule has 0 unspecified atom stereocenters. The Balaban J connectivity index is 2.11. The van der Waals surface area contributed by atoms with Gasteiger partial charge >= 0.3 is 0 Å². The second-order valence-electron chi connectivity index (χ2n) is 5.22. The van der Waals surface area contributed by atoms with Crippen LogP contribution in [-0.4, -0.2) is 18.1 Å². The number of rotatable bonds is 8. The van der Waals surface area contributed by atoms with Crippen molar-refractivity contribution < 1.29 is 4.74 Å². The average Bonchev–Trinajstić information content (AvgIpc) is 2.53. The molecule has 0 aliphatic carbocycles. The maximum Gasteiger partial charge on any atom is 0.252 e. The number of aromatic amines is 1. The Morgan fingerprint density at radius 1 is 1.18 bits per heavy atom. The Morgan fingerprint density at radius 3 is 2.77 bits per heavy atom. The van der Waals surface area contributed by atoms with E-state index in [1.165, 1.54) is 0 Å². The van der Waals surface area contributed by atoms with E-state index in [-0.39, 0.29) is 5.56 Å². The smallest absolute Gasteiger partial charge is 0.252 e. The van der Waals surface area contributed by atoms with E-state index < -0.39 is 0 Å². The summed E-state index contributed by atoms with van der Waals surface area (Å²) in [5.41, 5.74) is 2.49. The van der Waals surface area contributed by atoms with Gasteiger partial charge in [0.05, 0.1) is 6.61 Å². The molecule has 0 saturated carbocycles. The second-order valence-corrected chi connectivity index (χ2v) is 5.22. The number of hydrogen-bond donors (Lipinski definition) is 2. The first-order valence-electron chi connectivity index (χ1n) is 7.90. The number of H-pyrrole nitrogens is 1. The van der Waals surface area contributed by atoms with E-state index in [2.05, 4.69) is 17.2 Å². The molecular weight excluding hydrogens is 276 g/mol. The van der Waals surface area contributed by atoms with E-state index in [0.29, 0.717) is 13.2 Å². The van der Waals surface area contributed by atoms with Crippen LogP contribution in [0.5, 0.6) is 5.75 Å². The summed E-state index contributed by atoms with van der Waals surface area (Å²) in [6.45, 7) is 6.28. The number of nitrogens with one attached hydrogen (secondary N) is 2. The molecule has 0 aliphatic rings. The van der Waals surface area contributed by atoms with Crippen molar-refractivity contribution in [3.05, 3.63) is 52.3 Å². The zero-order valence-electron chi connectivity index (χ0n) is 13.3. The highest BCUT2D eigenvalue weighted by Crippen LogP contribution is 2.21. The summed E-state index contributed by atoms with van der Waals surface area (Å²) in [5.74, 6) is 0.811. The second kappa shape index (κ2) is 8.39. The molecule has 4 nitrogen and oxygen atoms in total. The minimum absolute atomic E-state index is 0.0386. The van der Waals surface area contributed by atoms with Crippen molar-refractivity contribution >= 4 is 0 Å². The zero-order chi connectivity index (χ0) is 15.8. The molecule has 1 aromatic heterocycles. The van der Waals surface area contributed by atoms with E-state index in [0.717, 1.165) is 42.0 Å². The normalized spacial score (nSPS) is 10.6. The maximum atomic E-state index is 12.2. The third-order valence-electron chi connectivity index (χ3n) is 3.47. The Labute approximate surface area is 131 Å². The Kier molecular flexibility index (Phi) is 6.22. The van der Waals surface area contributed by atoms with Crippen LogP contribution >= 0.6 is 0 Å². The summed E-state index contributed by atoms with van der Waals surface area (Å²) >= 11 is 0. The van der Waals surface area contributed by atoms with Gasteiger partial charge in [0.25, 0.3) is 5.56 Å². The van der Waals surface area contributed by atoms with Crippen molar-refractivity contribution in [3.63, 3.8) is 0 Å². The van der Waals surface area contributed by atoms with Gasteiger partial charge < -0.3 is 15.0 Å². The lowest BCUT2D eigenvalue weighted by atomic mass is 10.1. The first kappa shape index (κ1) is 16.3. The summed E-state index contributed by atoms with van der Waals surface area (Å²) in [5, 5.41) is 3.29. The fourth-order valence-corrected chi connectivity index (χ4v) is 2.26. The summed E-state index contributed by atoms with van der Waals surface area (Å²) < 4.78 is 5.50. The first-order valence-corrected chi connectivity index (χ1v) is 7.90. The molecule has 1 heterocycles. The van der Waals surface area contributed by atoms with Crippen molar-refractivity contribution in [2.75, 3.05) is 13.2 Å². The minimum Gasteiger partial charge on any atom is -0.494 e. The van der Waals surface area contributed by atoms with Gasteiger partial charge in [-0.15, -0.1) is 0 Å². The molecule has 0 spiro atoms. The number of ether oxygens (including phenoxy) is 1. The quantitative estimate of drug-likeness (QED) is 0.735. The number of hydrogen-bond acceptors (Lipinski definition) is 3. The van der Waals surface area contributed by atoms with Gasteiger partial charge in [-0.25, -0.2) is 0 Å². The zero-order valence-corrected chi connectivity index (χ0v) is 13.3. The third kappa shape index (κ3) is 4.46. The highest BCUT2D eigenvalue weighted by atomic mass is 16.5. The SMILES string of the molecule is CCCCNCc1ccc(-c2cccc(OCC)c2)[nH]c1=O. The van der Waals surface area contributed by atoms with Gasteiger partial charge in [-0.2, -0.15) is 0 Å². The van der Waals surface area contributed by atoms with E-state index in [1.54, 1.807) is 0 Å². The number of unbranched alkanes of at least 4 members (excludes halogenated alkanes) is 1. The van der Waals surface area contributed by atoms with Crippen LogP contribution in [0.2, 0.25) is 0 Å².